The quantitative estimate of drug-likeness (QED) is 0.352. The van der Waals surface area contributed by atoms with Crippen LogP contribution in [0, 0.1) is 5.82 Å². The smallest absolute Gasteiger partial charge is 0.296 e. The number of ketones is 1. The van der Waals surface area contributed by atoms with Crippen LogP contribution in [0.2, 0.25) is 0 Å². The van der Waals surface area contributed by atoms with Gasteiger partial charge in [0.05, 0.1) is 24.5 Å². The molecule has 1 unspecified atom stereocenters. The van der Waals surface area contributed by atoms with Crippen molar-refractivity contribution < 1.29 is 28.6 Å². The molecule has 2 amide bonds. The molecule has 0 radical (unpaired) electrons. The maximum Gasteiger partial charge on any atom is 0.296 e. The van der Waals surface area contributed by atoms with E-state index in [0.717, 1.165) is 25.2 Å². The minimum atomic E-state index is -1.79. The van der Waals surface area contributed by atoms with Gasteiger partial charge >= 0.3 is 0 Å². The van der Waals surface area contributed by atoms with E-state index in [4.69, 9.17) is 4.74 Å². The standard InChI is InChI=1S/C28H30FN3O5/c1-2-12-31-22-7-4-3-6-21(22)28(27(31)36)23(24(33)19-8-10-20(29)11-9-19)25(34)26(35)32(28)14-5-13-30-15-17-37-18-16-30/h3-4,6-11,33H,2,5,12-18H2,1H3/b24-23+. The van der Waals surface area contributed by atoms with Gasteiger partial charge in [-0.1, -0.05) is 25.1 Å². The fourth-order valence-corrected chi connectivity index (χ4v) is 5.64. The second kappa shape index (κ2) is 10.1. The zero-order valence-corrected chi connectivity index (χ0v) is 20.8. The number of fused-ring (bicyclic) bond motifs is 2. The summed E-state index contributed by atoms with van der Waals surface area (Å²) >= 11 is 0. The van der Waals surface area contributed by atoms with Crippen LogP contribution in [0.3, 0.4) is 0 Å². The Hall–Kier alpha value is -3.56. The highest BCUT2D eigenvalue weighted by Crippen LogP contribution is 2.53. The molecule has 2 aromatic carbocycles. The molecule has 1 spiro atoms. The van der Waals surface area contributed by atoms with E-state index in [1.165, 1.54) is 17.0 Å². The van der Waals surface area contributed by atoms with Crippen molar-refractivity contribution in [1.82, 2.24) is 9.80 Å². The van der Waals surface area contributed by atoms with Gasteiger partial charge in [0.15, 0.2) is 5.54 Å². The number of Topliss-reactive ketones (excluding diaryl/α,β-unsaturated/α-hetero) is 1. The summed E-state index contributed by atoms with van der Waals surface area (Å²) in [7, 11) is 0. The van der Waals surface area contributed by atoms with Crippen molar-refractivity contribution in [2.24, 2.45) is 0 Å². The fraction of sp³-hybridized carbons (Fsp3) is 0.393. The molecule has 3 heterocycles. The first-order valence-electron chi connectivity index (χ1n) is 12.7. The lowest BCUT2D eigenvalue weighted by atomic mass is 9.82. The highest BCUT2D eigenvalue weighted by atomic mass is 19.1. The Morgan fingerprint density at radius 2 is 1.70 bits per heavy atom. The molecule has 9 heteroatoms. The van der Waals surface area contributed by atoms with E-state index in [1.54, 1.807) is 29.2 Å². The Labute approximate surface area is 214 Å². The second-order valence-corrected chi connectivity index (χ2v) is 9.51. The number of hydrogen-bond acceptors (Lipinski definition) is 6. The molecular formula is C28H30FN3O5. The molecule has 0 aromatic heterocycles. The molecule has 194 valence electrons. The summed E-state index contributed by atoms with van der Waals surface area (Å²) in [5.74, 6) is -3.19. The van der Waals surface area contributed by atoms with E-state index in [2.05, 4.69) is 4.90 Å². The lowest BCUT2D eigenvalue weighted by molar-refractivity contribution is -0.143. The Kier molecular flexibility index (Phi) is 6.83. The van der Waals surface area contributed by atoms with E-state index < -0.39 is 34.7 Å². The molecule has 3 aliphatic rings. The second-order valence-electron chi connectivity index (χ2n) is 9.51. The third-order valence-electron chi connectivity index (χ3n) is 7.33. The van der Waals surface area contributed by atoms with Gasteiger partial charge in [0.25, 0.3) is 17.6 Å². The number of halogens is 1. The highest BCUT2D eigenvalue weighted by Gasteiger charge is 2.66. The van der Waals surface area contributed by atoms with Gasteiger partial charge in [-0.15, -0.1) is 0 Å². The van der Waals surface area contributed by atoms with Gasteiger partial charge in [0.2, 0.25) is 0 Å². The number of anilines is 1. The van der Waals surface area contributed by atoms with Crippen molar-refractivity contribution in [3.8, 4) is 0 Å². The number of carbonyl (C=O) groups is 3. The summed E-state index contributed by atoms with van der Waals surface area (Å²) in [5, 5.41) is 11.4. The van der Waals surface area contributed by atoms with Crippen molar-refractivity contribution in [3.05, 3.63) is 71.0 Å². The first-order chi connectivity index (χ1) is 17.9. The van der Waals surface area contributed by atoms with Crippen molar-refractivity contribution >= 4 is 29.0 Å². The number of morpholine rings is 1. The molecule has 2 aromatic rings. The number of likely N-dealkylation sites (tertiary alicyclic amines) is 1. The number of carbonyl (C=O) groups excluding carboxylic acids is 3. The van der Waals surface area contributed by atoms with Crippen molar-refractivity contribution in [1.29, 1.82) is 0 Å². The summed E-state index contributed by atoms with van der Waals surface area (Å²) in [6.07, 6.45) is 1.20. The first-order valence-corrected chi connectivity index (χ1v) is 12.7. The number of nitrogens with zero attached hydrogens (tertiary/aromatic N) is 3. The lowest BCUT2D eigenvalue weighted by Crippen LogP contribution is -2.52. The Morgan fingerprint density at radius 3 is 2.41 bits per heavy atom. The molecule has 8 nitrogen and oxygen atoms in total. The van der Waals surface area contributed by atoms with E-state index in [1.807, 2.05) is 6.92 Å². The van der Waals surface area contributed by atoms with Gasteiger partial charge < -0.3 is 19.6 Å². The molecule has 0 aliphatic carbocycles. The molecular weight excluding hydrogens is 477 g/mol. The molecule has 0 bridgehead atoms. The van der Waals surface area contributed by atoms with E-state index in [0.29, 0.717) is 50.4 Å². The number of amides is 2. The van der Waals surface area contributed by atoms with Crippen LogP contribution in [0.4, 0.5) is 10.1 Å². The minimum absolute atomic E-state index is 0.155. The lowest BCUT2D eigenvalue weighted by Gasteiger charge is -2.35. The number of aliphatic hydroxyl groups is 1. The van der Waals surface area contributed by atoms with Crippen LogP contribution in [0.25, 0.3) is 5.76 Å². The van der Waals surface area contributed by atoms with Gasteiger partial charge in [-0.05, 0) is 43.2 Å². The van der Waals surface area contributed by atoms with Crippen LogP contribution in [-0.4, -0.2) is 78.4 Å². The number of aliphatic hydroxyl groups excluding tert-OH is 1. The van der Waals surface area contributed by atoms with Crippen LogP contribution >= 0.6 is 0 Å². The molecule has 2 saturated heterocycles. The third kappa shape index (κ3) is 4.02. The van der Waals surface area contributed by atoms with Gasteiger partial charge in [0, 0.05) is 43.9 Å². The SMILES string of the molecule is CCCN1C(=O)C2(/C(=C(/O)c3ccc(F)cc3)C(=O)C(=O)N2CCCN2CCOCC2)c2ccccc21. The highest BCUT2D eigenvalue weighted by molar-refractivity contribution is 6.50. The van der Waals surface area contributed by atoms with Crippen LogP contribution in [0.5, 0.6) is 0 Å². The van der Waals surface area contributed by atoms with Crippen molar-refractivity contribution in [2.75, 3.05) is 50.8 Å². The molecule has 1 atom stereocenters. The monoisotopic (exact) mass is 507 g/mol. The number of rotatable bonds is 7. The number of para-hydroxylation sites is 1. The fourth-order valence-electron chi connectivity index (χ4n) is 5.64. The largest absolute Gasteiger partial charge is 0.507 e. The maximum atomic E-state index is 14.3. The average molecular weight is 508 g/mol. The zero-order valence-electron chi connectivity index (χ0n) is 20.8. The molecule has 3 aliphatic heterocycles. The molecule has 37 heavy (non-hydrogen) atoms. The maximum absolute atomic E-state index is 14.3. The summed E-state index contributed by atoms with van der Waals surface area (Å²) in [4.78, 5) is 46.5. The predicted molar refractivity (Wildman–Crippen MR) is 135 cm³/mol. The van der Waals surface area contributed by atoms with Gasteiger partial charge in [-0.2, -0.15) is 0 Å². The summed E-state index contributed by atoms with van der Waals surface area (Å²) in [6, 6.07) is 12.1. The summed E-state index contributed by atoms with van der Waals surface area (Å²) < 4.78 is 19.0. The molecule has 2 fully saturated rings. The van der Waals surface area contributed by atoms with Crippen molar-refractivity contribution in [3.63, 3.8) is 0 Å². The Bertz CT molecular complexity index is 1250. The number of hydrogen-bond donors (Lipinski definition) is 1. The van der Waals surface area contributed by atoms with Crippen LogP contribution in [0.15, 0.2) is 54.1 Å². The van der Waals surface area contributed by atoms with E-state index in [-0.39, 0.29) is 17.7 Å². The van der Waals surface area contributed by atoms with Crippen molar-refractivity contribution in [2.45, 2.75) is 25.3 Å². The first kappa shape index (κ1) is 25.1. The average Bonchev–Trinajstić information content (AvgIpc) is 3.28. The van der Waals surface area contributed by atoms with Crippen LogP contribution in [-0.2, 0) is 24.7 Å². The van der Waals surface area contributed by atoms with E-state index in [9.17, 15) is 23.9 Å². The van der Waals surface area contributed by atoms with Gasteiger partial charge in [-0.25, -0.2) is 4.39 Å². The zero-order chi connectivity index (χ0) is 26.2. The van der Waals surface area contributed by atoms with Gasteiger partial charge in [0.1, 0.15) is 11.6 Å². The third-order valence-corrected chi connectivity index (χ3v) is 7.33. The molecule has 0 saturated carbocycles. The minimum Gasteiger partial charge on any atom is -0.507 e. The number of benzene rings is 2. The topological polar surface area (TPSA) is 90.4 Å². The predicted octanol–water partition coefficient (Wildman–Crippen LogP) is 2.88. The summed E-state index contributed by atoms with van der Waals surface area (Å²) in [6.45, 7) is 6.01. The van der Waals surface area contributed by atoms with E-state index >= 15 is 0 Å². The van der Waals surface area contributed by atoms with Crippen LogP contribution in [0.1, 0.15) is 30.9 Å². The van der Waals surface area contributed by atoms with Gasteiger partial charge in [-0.3, -0.25) is 19.3 Å². The van der Waals surface area contributed by atoms with Crippen LogP contribution < -0.4 is 4.90 Å². The number of ether oxygens (including phenoxy) is 1. The Balaban J connectivity index is 1.64. The Morgan fingerprint density at radius 1 is 1.00 bits per heavy atom. The summed E-state index contributed by atoms with van der Waals surface area (Å²) in [5.41, 5.74) is -0.802. The molecule has 1 N–H and O–H groups in total. The molecule has 5 rings (SSSR count). The normalized spacial score (nSPS) is 23.4.